The smallest absolute Gasteiger partial charge is 0.104 e. The molecule has 0 aliphatic carbocycles. The molecular weight excluding hydrogens is 246 g/mol. The lowest BCUT2D eigenvalue weighted by molar-refractivity contribution is -0.921. The van der Waals surface area contributed by atoms with Crippen molar-refractivity contribution in [3.63, 3.8) is 0 Å². The first-order chi connectivity index (χ1) is 8.20. The summed E-state index contributed by atoms with van der Waals surface area (Å²) in [6.45, 7) is 2.48. The van der Waals surface area contributed by atoms with Crippen molar-refractivity contribution in [3.05, 3.63) is 35.9 Å². The standard InChI is InChI=1S/C14H18N3.ClH/c1-17(11-5-9-15,12-6-10-16)13-14-7-3-2-4-8-14;/h2-4,7-8H,5-6,11-13H2,1H3;1H/q+1;/p-1. The van der Waals surface area contributed by atoms with Gasteiger partial charge in [-0.1, -0.05) is 30.3 Å². The van der Waals surface area contributed by atoms with Crippen molar-refractivity contribution in [1.82, 2.24) is 0 Å². The van der Waals surface area contributed by atoms with Gasteiger partial charge in [0.15, 0.2) is 0 Å². The summed E-state index contributed by atoms with van der Waals surface area (Å²) in [6.07, 6.45) is 1.07. The Hall–Kier alpha value is -1.55. The molecule has 0 aliphatic rings. The molecule has 3 nitrogen and oxygen atoms in total. The minimum absolute atomic E-state index is 0. The van der Waals surface area contributed by atoms with Crippen LogP contribution in [0.4, 0.5) is 0 Å². The molecule has 0 aromatic heterocycles. The molecular formula is C14H18ClN3. The van der Waals surface area contributed by atoms with E-state index >= 15 is 0 Å². The van der Waals surface area contributed by atoms with E-state index in [1.165, 1.54) is 5.56 Å². The van der Waals surface area contributed by atoms with Crippen LogP contribution < -0.4 is 12.4 Å². The molecule has 0 saturated carbocycles. The Labute approximate surface area is 115 Å². The summed E-state index contributed by atoms with van der Waals surface area (Å²) < 4.78 is 0.755. The molecule has 0 radical (unpaired) electrons. The second kappa shape index (κ2) is 8.53. The van der Waals surface area contributed by atoms with Crippen molar-refractivity contribution in [3.8, 4) is 12.1 Å². The number of hydrogen-bond donors (Lipinski definition) is 0. The molecule has 0 fully saturated rings. The molecule has 96 valence electrons. The van der Waals surface area contributed by atoms with Crippen molar-refractivity contribution in [1.29, 1.82) is 10.5 Å². The van der Waals surface area contributed by atoms with Crippen LogP contribution in [0.15, 0.2) is 30.3 Å². The van der Waals surface area contributed by atoms with E-state index in [4.69, 9.17) is 10.5 Å². The Morgan fingerprint density at radius 3 is 1.94 bits per heavy atom. The van der Waals surface area contributed by atoms with Gasteiger partial charge in [0.05, 0.1) is 45.1 Å². The topological polar surface area (TPSA) is 47.6 Å². The molecule has 1 aromatic rings. The molecule has 4 heteroatoms. The van der Waals surface area contributed by atoms with Crippen molar-refractivity contribution in [2.45, 2.75) is 19.4 Å². The number of nitriles is 2. The van der Waals surface area contributed by atoms with Crippen LogP contribution >= 0.6 is 0 Å². The number of benzene rings is 1. The van der Waals surface area contributed by atoms with Gasteiger partial charge >= 0.3 is 0 Å². The Kier molecular flexibility index (Phi) is 7.79. The molecule has 1 aromatic carbocycles. The minimum Gasteiger partial charge on any atom is -1.00 e. The predicted molar refractivity (Wildman–Crippen MR) is 66.5 cm³/mol. The summed E-state index contributed by atoms with van der Waals surface area (Å²) in [4.78, 5) is 0. The van der Waals surface area contributed by atoms with Crippen molar-refractivity contribution in [2.75, 3.05) is 20.1 Å². The SMILES string of the molecule is C[N+](CCC#N)(CCC#N)Cc1ccccc1.[Cl-]. The molecule has 18 heavy (non-hydrogen) atoms. The van der Waals surface area contributed by atoms with Crippen molar-refractivity contribution in [2.24, 2.45) is 0 Å². The Morgan fingerprint density at radius 1 is 1.00 bits per heavy atom. The van der Waals surface area contributed by atoms with Crippen LogP contribution in [0.2, 0.25) is 0 Å². The highest BCUT2D eigenvalue weighted by Gasteiger charge is 2.21. The molecule has 1 rings (SSSR count). The first-order valence-electron chi connectivity index (χ1n) is 5.81. The lowest BCUT2D eigenvalue weighted by Crippen LogP contribution is -3.00. The van der Waals surface area contributed by atoms with Gasteiger partial charge in [0, 0.05) is 5.56 Å². The summed E-state index contributed by atoms with van der Waals surface area (Å²) >= 11 is 0. The fourth-order valence-electron chi connectivity index (χ4n) is 1.93. The van der Waals surface area contributed by atoms with Crippen LogP contribution in [0.1, 0.15) is 18.4 Å². The number of quaternary nitrogens is 1. The van der Waals surface area contributed by atoms with Gasteiger partial charge in [-0.05, 0) is 0 Å². The van der Waals surface area contributed by atoms with Gasteiger partial charge in [0.1, 0.15) is 6.54 Å². The lowest BCUT2D eigenvalue weighted by atomic mass is 10.1. The maximum Gasteiger partial charge on any atom is 0.104 e. The van der Waals surface area contributed by atoms with E-state index in [1.54, 1.807) is 0 Å². The van der Waals surface area contributed by atoms with Gasteiger partial charge in [-0.3, -0.25) is 0 Å². The van der Waals surface area contributed by atoms with Crippen LogP contribution in [-0.4, -0.2) is 24.6 Å². The van der Waals surface area contributed by atoms with E-state index in [0.29, 0.717) is 12.8 Å². The van der Waals surface area contributed by atoms with E-state index in [-0.39, 0.29) is 12.4 Å². The highest BCUT2D eigenvalue weighted by atomic mass is 35.5. The third-order valence-electron chi connectivity index (χ3n) is 2.93. The van der Waals surface area contributed by atoms with Crippen LogP contribution in [0.5, 0.6) is 0 Å². The fourth-order valence-corrected chi connectivity index (χ4v) is 1.93. The monoisotopic (exact) mass is 263 g/mol. The number of rotatable bonds is 6. The second-order valence-corrected chi connectivity index (χ2v) is 4.53. The summed E-state index contributed by atoms with van der Waals surface area (Å²) in [5, 5.41) is 17.4. The first-order valence-corrected chi connectivity index (χ1v) is 5.81. The normalized spacial score (nSPS) is 9.94. The number of hydrogen-bond acceptors (Lipinski definition) is 2. The Balaban J connectivity index is 0.00000289. The first kappa shape index (κ1) is 16.4. The Morgan fingerprint density at radius 2 is 1.50 bits per heavy atom. The number of nitrogens with zero attached hydrogens (tertiary/aromatic N) is 3. The lowest BCUT2D eigenvalue weighted by Gasteiger charge is -2.33. The molecule has 0 spiro atoms. The minimum atomic E-state index is 0. The molecule has 0 N–H and O–H groups in total. The predicted octanol–water partition coefficient (Wildman–Crippen LogP) is -0.535. The average molecular weight is 264 g/mol. The van der Waals surface area contributed by atoms with Gasteiger partial charge in [-0.2, -0.15) is 10.5 Å². The third-order valence-corrected chi connectivity index (χ3v) is 2.93. The largest absolute Gasteiger partial charge is 1.00 e. The quantitative estimate of drug-likeness (QED) is 0.648. The number of halogens is 1. The van der Waals surface area contributed by atoms with E-state index in [1.807, 2.05) is 18.2 Å². The van der Waals surface area contributed by atoms with Crippen LogP contribution in [0, 0.1) is 22.7 Å². The van der Waals surface area contributed by atoms with Crippen LogP contribution in [-0.2, 0) is 6.54 Å². The highest BCUT2D eigenvalue weighted by Crippen LogP contribution is 2.13. The summed E-state index contributed by atoms with van der Waals surface area (Å²) in [5.41, 5.74) is 1.26. The molecule has 0 amide bonds. The van der Waals surface area contributed by atoms with Gasteiger partial charge in [-0.25, -0.2) is 0 Å². The zero-order valence-electron chi connectivity index (χ0n) is 10.6. The van der Waals surface area contributed by atoms with Crippen LogP contribution in [0.25, 0.3) is 0 Å². The van der Waals surface area contributed by atoms with E-state index in [2.05, 4.69) is 31.3 Å². The molecule has 0 atom stereocenters. The van der Waals surface area contributed by atoms with Gasteiger partial charge in [0.2, 0.25) is 0 Å². The fraction of sp³-hybridized carbons (Fsp3) is 0.429. The second-order valence-electron chi connectivity index (χ2n) is 4.53. The summed E-state index contributed by atoms with van der Waals surface area (Å²) in [7, 11) is 2.11. The van der Waals surface area contributed by atoms with E-state index < -0.39 is 0 Å². The summed E-state index contributed by atoms with van der Waals surface area (Å²) in [5.74, 6) is 0. The molecule has 0 aliphatic heterocycles. The average Bonchev–Trinajstić information content (AvgIpc) is 2.35. The van der Waals surface area contributed by atoms with Crippen molar-refractivity contribution >= 4 is 0 Å². The Bertz CT molecular complexity index is 399. The third kappa shape index (κ3) is 5.68. The molecule has 0 saturated heterocycles. The molecule has 0 unspecified atom stereocenters. The van der Waals surface area contributed by atoms with E-state index in [0.717, 1.165) is 24.1 Å². The molecule has 0 bridgehead atoms. The maximum atomic E-state index is 8.70. The highest BCUT2D eigenvalue weighted by molar-refractivity contribution is 5.13. The van der Waals surface area contributed by atoms with Crippen LogP contribution in [0.3, 0.4) is 0 Å². The zero-order valence-corrected chi connectivity index (χ0v) is 11.4. The van der Waals surface area contributed by atoms with E-state index in [9.17, 15) is 0 Å². The maximum absolute atomic E-state index is 8.70. The van der Waals surface area contributed by atoms with Crippen molar-refractivity contribution < 1.29 is 16.9 Å². The molecule has 0 heterocycles. The zero-order chi connectivity index (χ0) is 12.6. The van der Waals surface area contributed by atoms with Gasteiger partial charge in [-0.15, -0.1) is 0 Å². The van der Waals surface area contributed by atoms with Gasteiger partial charge in [0.25, 0.3) is 0 Å². The van der Waals surface area contributed by atoms with Gasteiger partial charge < -0.3 is 16.9 Å². The summed E-state index contributed by atoms with van der Waals surface area (Å²) in [6, 6.07) is 14.6.